The molecule has 1 aromatic rings. The number of hydrogen-bond acceptors (Lipinski definition) is 5. The van der Waals surface area contributed by atoms with Gasteiger partial charge in [0.25, 0.3) is 12.3 Å². The second-order valence-corrected chi connectivity index (χ2v) is 9.97. The van der Waals surface area contributed by atoms with E-state index in [2.05, 4.69) is 0 Å². The Balaban J connectivity index is 1.68. The number of rotatable bonds is 6. The van der Waals surface area contributed by atoms with Gasteiger partial charge in [0.1, 0.15) is 5.75 Å². The summed E-state index contributed by atoms with van der Waals surface area (Å²) >= 11 is 0. The van der Waals surface area contributed by atoms with Gasteiger partial charge < -0.3 is 19.5 Å². The minimum atomic E-state index is -2.44. The van der Waals surface area contributed by atoms with Crippen LogP contribution in [0.25, 0.3) is 0 Å². The number of piperidine rings is 1. The minimum Gasteiger partial charge on any atom is -0.491 e. The molecule has 2 aliphatic rings. The number of aryl methyl sites for hydroxylation is 1. The fourth-order valence-corrected chi connectivity index (χ4v) is 4.53. The maximum absolute atomic E-state index is 13.1. The lowest BCUT2D eigenvalue weighted by molar-refractivity contribution is -0.222. The summed E-state index contributed by atoms with van der Waals surface area (Å²) in [5.41, 5.74) is -0.269. The summed E-state index contributed by atoms with van der Waals surface area (Å²) in [5.74, 6) is 0.708. The van der Waals surface area contributed by atoms with Crippen LogP contribution in [0.15, 0.2) is 18.2 Å². The van der Waals surface area contributed by atoms with Crippen molar-refractivity contribution in [2.45, 2.75) is 77.3 Å². The molecule has 2 heterocycles. The van der Waals surface area contributed by atoms with Crippen LogP contribution >= 0.6 is 0 Å². The number of carbonyl (C=O) groups excluding carboxylic acids is 1. The monoisotopic (exact) mass is 454 g/mol. The molecule has 0 aliphatic carbocycles. The van der Waals surface area contributed by atoms with Crippen molar-refractivity contribution in [2.75, 3.05) is 32.7 Å². The number of ether oxygens (including phenoxy) is 2. The molecule has 3 rings (SSSR count). The van der Waals surface area contributed by atoms with Crippen LogP contribution in [0, 0.1) is 6.92 Å². The minimum absolute atomic E-state index is 0.0568. The van der Waals surface area contributed by atoms with E-state index in [-0.39, 0.29) is 25.1 Å². The average molecular weight is 455 g/mol. The Hall–Kier alpha value is -1.77. The quantitative estimate of drug-likeness (QED) is 0.713. The van der Waals surface area contributed by atoms with Crippen molar-refractivity contribution in [1.82, 2.24) is 9.80 Å². The normalized spacial score (nSPS) is 22.1. The van der Waals surface area contributed by atoms with E-state index >= 15 is 0 Å². The molecular formula is C24H36F2N2O4. The topological polar surface area (TPSA) is 62.2 Å². The van der Waals surface area contributed by atoms with Gasteiger partial charge in [0, 0.05) is 31.7 Å². The van der Waals surface area contributed by atoms with Crippen LogP contribution in [0.1, 0.15) is 56.5 Å². The first kappa shape index (κ1) is 24.9. The predicted octanol–water partition coefficient (Wildman–Crippen LogP) is 3.49. The molecule has 2 saturated heterocycles. The van der Waals surface area contributed by atoms with E-state index < -0.39 is 23.7 Å². The number of morpholine rings is 1. The Bertz CT molecular complexity index is 802. The van der Waals surface area contributed by atoms with Gasteiger partial charge in [-0.1, -0.05) is 0 Å². The maximum Gasteiger partial charge on any atom is 0.253 e. The Morgan fingerprint density at radius 3 is 2.50 bits per heavy atom. The molecule has 0 saturated carbocycles. The van der Waals surface area contributed by atoms with Crippen LogP contribution in [-0.2, 0) is 4.74 Å². The molecule has 1 aromatic carbocycles. The number of benzene rings is 1. The summed E-state index contributed by atoms with van der Waals surface area (Å²) in [6.07, 6.45) is -1.87. The maximum atomic E-state index is 13.1. The fraction of sp³-hybridized carbons (Fsp3) is 0.708. The van der Waals surface area contributed by atoms with E-state index in [1.807, 2.05) is 32.9 Å². The zero-order chi connectivity index (χ0) is 23.7. The summed E-state index contributed by atoms with van der Waals surface area (Å²) in [6, 6.07) is 5.45. The lowest BCUT2D eigenvalue weighted by Crippen LogP contribution is -2.64. The van der Waals surface area contributed by atoms with Crippen molar-refractivity contribution in [3.05, 3.63) is 29.3 Å². The number of alkyl halides is 2. The second-order valence-electron chi connectivity index (χ2n) is 9.97. The van der Waals surface area contributed by atoms with Crippen LogP contribution in [-0.4, -0.2) is 83.4 Å². The molecule has 2 aliphatic heterocycles. The second kappa shape index (κ2) is 9.61. The van der Waals surface area contributed by atoms with Gasteiger partial charge in [0.05, 0.1) is 30.0 Å². The highest BCUT2D eigenvalue weighted by molar-refractivity contribution is 5.94. The Morgan fingerprint density at radius 1 is 1.31 bits per heavy atom. The number of amides is 1. The van der Waals surface area contributed by atoms with Gasteiger partial charge in [0.15, 0.2) is 0 Å². The van der Waals surface area contributed by atoms with Crippen molar-refractivity contribution in [2.24, 2.45) is 0 Å². The molecule has 1 atom stereocenters. The smallest absolute Gasteiger partial charge is 0.253 e. The fourth-order valence-electron chi connectivity index (χ4n) is 4.53. The molecular weight excluding hydrogens is 418 g/mol. The van der Waals surface area contributed by atoms with Crippen molar-refractivity contribution in [1.29, 1.82) is 0 Å². The van der Waals surface area contributed by atoms with E-state index in [0.29, 0.717) is 38.0 Å². The van der Waals surface area contributed by atoms with Crippen molar-refractivity contribution < 1.29 is 28.2 Å². The lowest BCUT2D eigenvalue weighted by atomic mass is 9.86. The lowest BCUT2D eigenvalue weighted by Gasteiger charge is -2.52. The molecule has 2 fully saturated rings. The van der Waals surface area contributed by atoms with E-state index in [1.54, 1.807) is 29.7 Å². The third-order valence-corrected chi connectivity index (χ3v) is 6.26. The number of halogens is 2. The molecule has 1 unspecified atom stereocenters. The average Bonchev–Trinajstić information content (AvgIpc) is 2.68. The Labute approximate surface area is 189 Å². The van der Waals surface area contributed by atoms with E-state index in [0.717, 1.165) is 11.3 Å². The Kier molecular flexibility index (Phi) is 7.47. The van der Waals surface area contributed by atoms with Crippen LogP contribution in [0.4, 0.5) is 8.78 Å². The molecule has 0 radical (unpaired) electrons. The van der Waals surface area contributed by atoms with Gasteiger partial charge in [0.2, 0.25) is 0 Å². The summed E-state index contributed by atoms with van der Waals surface area (Å²) in [6.45, 7) is 10.4. The SMILES string of the molecule is Cc1cc(C(=O)N2CCC3(CC2)CN(CC(F)F)CC(C(C)(C)O)O3)ccc1OC(C)C. The van der Waals surface area contributed by atoms with E-state index in [1.165, 1.54) is 0 Å². The highest BCUT2D eigenvalue weighted by atomic mass is 19.3. The van der Waals surface area contributed by atoms with Crippen molar-refractivity contribution in [3.63, 3.8) is 0 Å². The zero-order valence-electron chi connectivity index (χ0n) is 19.7. The van der Waals surface area contributed by atoms with Gasteiger partial charge in [-0.3, -0.25) is 9.69 Å². The standard InChI is InChI=1S/C24H36F2N2O4/c1-16(2)31-19-7-6-18(12-17(19)3)22(29)28-10-8-24(9-11-28)15-27(14-21(25)26)13-20(32-24)23(4,5)30/h6-7,12,16,20-21,30H,8-11,13-15H2,1-5H3. The van der Waals surface area contributed by atoms with Crippen LogP contribution in [0.2, 0.25) is 0 Å². The molecule has 0 bridgehead atoms. The van der Waals surface area contributed by atoms with Crippen molar-refractivity contribution >= 4 is 5.91 Å². The number of hydrogen-bond donors (Lipinski definition) is 1. The summed E-state index contributed by atoms with van der Waals surface area (Å²) in [4.78, 5) is 16.6. The number of aliphatic hydroxyl groups is 1. The van der Waals surface area contributed by atoms with Gasteiger partial charge in [-0.15, -0.1) is 0 Å². The summed E-state index contributed by atoms with van der Waals surface area (Å²) < 4.78 is 38.2. The molecule has 6 nitrogen and oxygen atoms in total. The van der Waals surface area contributed by atoms with Gasteiger partial charge in [-0.2, -0.15) is 0 Å². The molecule has 1 N–H and O–H groups in total. The first-order valence-electron chi connectivity index (χ1n) is 11.4. The van der Waals surface area contributed by atoms with Gasteiger partial charge in [-0.25, -0.2) is 8.78 Å². The van der Waals surface area contributed by atoms with Crippen LogP contribution < -0.4 is 4.74 Å². The van der Waals surface area contributed by atoms with E-state index in [9.17, 15) is 18.7 Å². The molecule has 1 spiro atoms. The highest BCUT2D eigenvalue weighted by Crippen LogP contribution is 2.36. The Morgan fingerprint density at radius 2 is 1.97 bits per heavy atom. The van der Waals surface area contributed by atoms with Crippen molar-refractivity contribution in [3.8, 4) is 5.75 Å². The summed E-state index contributed by atoms with van der Waals surface area (Å²) in [7, 11) is 0. The zero-order valence-corrected chi connectivity index (χ0v) is 19.7. The van der Waals surface area contributed by atoms with Crippen LogP contribution in [0.5, 0.6) is 5.75 Å². The highest BCUT2D eigenvalue weighted by Gasteiger charge is 2.47. The number of likely N-dealkylation sites (tertiary alicyclic amines) is 1. The summed E-state index contributed by atoms with van der Waals surface area (Å²) in [5, 5.41) is 10.5. The van der Waals surface area contributed by atoms with Gasteiger partial charge in [-0.05, 0) is 71.2 Å². The first-order valence-corrected chi connectivity index (χ1v) is 11.4. The number of carbonyl (C=O) groups is 1. The van der Waals surface area contributed by atoms with E-state index in [4.69, 9.17) is 9.47 Å². The molecule has 0 aromatic heterocycles. The third-order valence-electron chi connectivity index (χ3n) is 6.26. The molecule has 8 heteroatoms. The largest absolute Gasteiger partial charge is 0.491 e. The third kappa shape index (κ3) is 5.97. The predicted molar refractivity (Wildman–Crippen MR) is 118 cm³/mol. The molecule has 32 heavy (non-hydrogen) atoms. The molecule has 180 valence electrons. The van der Waals surface area contributed by atoms with Crippen LogP contribution in [0.3, 0.4) is 0 Å². The first-order chi connectivity index (χ1) is 14.9. The van der Waals surface area contributed by atoms with Gasteiger partial charge >= 0.3 is 0 Å². The molecule has 1 amide bonds. The number of nitrogens with zero attached hydrogens (tertiary/aromatic N) is 2.